The zero-order chi connectivity index (χ0) is 18.1. The van der Waals surface area contributed by atoms with Crippen molar-refractivity contribution in [2.75, 3.05) is 26.7 Å². The first kappa shape index (κ1) is 19.1. The average Bonchev–Trinajstić information content (AvgIpc) is 3.15. The van der Waals surface area contributed by atoms with Crippen LogP contribution < -0.4 is 15.4 Å². The maximum absolute atomic E-state index is 10.1. The smallest absolute Gasteiger partial charge is 0.191 e. The first-order chi connectivity index (χ1) is 12.2. The second-order valence-corrected chi connectivity index (χ2v) is 6.76. The van der Waals surface area contributed by atoms with Gasteiger partial charge in [-0.2, -0.15) is 0 Å². The molecule has 2 aromatic rings. The fourth-order valence-corrected chi connectivity index (χ4v) is 3.26. The molecule has 0 saturated carbocycles. The Morgan fingerprint density at radius 3 is 2.80 bits per heavy atom. The van der Waals surface area contributed by atoms with Gasteiger partial charge in [0.25, 0.3) is 0 Å². The maximum Gasteiger partial charge on any atom is 0.191 e. The van der Waals surface area contributed by atoms with E-state index in [1.807, 2.05) is 19.1 Å². The largest absolute Gasteiger partial charge is 0.504 e. The summed E-state index contributed by atoms with van der Waals surface area (Å²) in [6.07, 6.45) is 0.688. The van der Waals surface area contributed by atoms with Crippen LogP contribution in [0, 0.1) is 0 Å². The number of hydrogen-bond acceptors (Lipinski definition) is 4. The number of benzene rings is 1. The molecular weight excluding hydrogens is 334 g/mol. The molecule has 0 saturated heterocycles. The minimum absolute atomic E-state index is 0.208. The summed E-state index contributed by atoms with van der Waals surface area (Å²) >= 11 is 1.77. The molecular formula is C19H27N3O2S. The Labute approximate surface area is 153 Å². The normalized spacial score (nSPS) is 12.7. The Bertz CT molecular complexity index is 671. The molecule has 2 rings (SSSR count). The number of rotatable bonds is 8. The standard InChI is InChI=1S/C19H27N3O2S/c1-4-20-19(22-13-14(2)17-9-6-12-25-17)21-11-10-15-7-5-8-16(24-3)18(15)23/h5-9,12,14,23H,4,10-11,13H2,1-3H3,(H2,20,21,22). The topological polar surface area (TPSA) is 65.9 Å². The summed E-state index contributed by atoms with van der Waals surface area (Å²) in [6, 6.07) is 9.77. The van der Waals surface area contributed by atoms with E-state index in [-0.39, 0.29) is 5.75 Å². The molecule has 1 atom stereocenters. The highest BCUT2D eigenvalue weighted by Crippen LogP contribution is 2.29. The van der Waals surface area contributed by atoms with Crippen molar-refractivity contribution >= 4 is 17.3 Å². The van der Waals surface area contributed by atoms with E-state index >= 15 is 0 Å². The molecule has 25 heavy (non-hydrogen) atoms. The summed E-state index contributed by atoms with van der Waals surface area (Å²) in [6.45, 7) is 6.46. The average molecular weight is 362 g/mol. The van der Waals surface area contributed by atoms with Crippen LogP contribution in [-0.2, 0) is 6.42 Å². The Hall–Kier alpha value is -2.21. The fraction of sp³-hybridized carbons (Fsp3) is 0.421. The lowest BCUT2D eigenvalue weighted by atomic mass is 10.1. The third kappa shape index (κ3) is 5.67. The number of guanidine groups is 1. The molecule has 0 aliphatic carbocycles. The molecule has 0 spiro atoms. The van der Waals surface area contributed by atoms with Gasteiger partial charge in [0.15, 0.2) is 17.5 Å². The third-order valence-corrected chi connectivity index (χ3v) is 4.99. The van der Waals surface area contributed by atoms with Crippen LogP contribution >= 0.6 is 11.3 Å². The fourth-order valence-electron chi connectivity index (χ4n) is 2.48. The van der Waals surface area contributed by atoms with Crippen LogP contribution in [0.4, 0.5) is 0 Å². The van der Waals surface area contributed by atoms with Gasteiger partial charge < -0.3 is 20.5 Å². The highest BCUT2D eigenvalue weighted by atomic mass is 32.1. The molecule has 1 unspecified atom stereocenters. The van der Waals surface area contributed by atoms with E-state index in [1.165, 1.54) is 4.88 Å². The van der Waals surface area contributed by atoms with Gasteiger partial charge in [0.2, 0.25) is 0 Å². The lowest BCUT2D eigenvalue weighted by molar-refractivity contribution is 0.370. The summed E-state index contributed by atoms with van der Waals surface area (Å²) in [5, 5.41) is 18.8. The molecule has 1 heterocycles. The zero-order valence-electron chi connectivity index (χ0n) is 15.1. The van der Waals surface area contributed by atoms with Crippen LogP contribution in [0.5, 0.6) is 11.5 Å². The van der Waals surface area contributed by atoms with Gasteiger partial charge in [-0.15, -0.1) is 11.3 Å². The number of nitrogens with one attached hydrogen (secondary N) is 2. The molecule has 0 amide bonds. The second-order valence-electron chi connectivity index (χ2n) is 5.78. The SMILES string of the molecule is CCNC(=NCC(C)c1cccs1)NCCc1cccc(OC)c1O. The number of hydrogen-bond donors (Lipinski definition) is 3. The maximum atomic E-state index is 10.1. The first-order valence-corrected chi connectivity index (χ1v) is 9.44. The van der Waals surface area contributed by atoms with Crippen molar-refractivity contribution in [2.24, 2.45) is 4.99 Å². The molecule has 1 aromatic heterocycles. The zero-order valence-corrected chi connectivity index (χ0v) is 15.9. The number of methoxy groups -OCH3 is 1. The predicted octanol–water partition coefficient (Wildman–Crippen LogP) is 3.36. The number of nitrogens with zero attached hydrogens (tertiary/aromatic N) is 1. The van der Waals surface area contributed by atoms with Gasteiger partial charge in [0.05, 0.1) is 13.7 Å². The Balaban J connectivity index is 1.90. The van der Waals surface area contributed by atoms with E-state index in [2.05, 4.69) is 40.1 Å². The Morgan fingerprint density at radius 2 is 2.12 bits per heavy atom. The van der Waals surface area contributed by atoms with E-state index in [9.17, 15) is 5.11 Å². The minimum Gasteiger partial charge on any atom is -0.504 e. The summed E-state index contributed by atoms with van der Waals surface area (Å²) in [5.74, 6) is 1.91. The molecule has 0 bridgehead atoms. The van der Waals surface area contributed by atoms with Crippen molar-refractivity contribution in [1.82, 2.24) is 10.6 Å². The summed E-state index contributed by atoms with van der Waals surface area (Å²) in [5.41, 5.74) is 0.856. The van der Waals surface area contributed by atoms with Crippen LogP contribution in [0.1, 0.15) is 30.2 Å². The van der Waals surface area contributed by atoms with Gasteiger partial charge >= 0.3 is 0 Å². The number of phenols is 1. The van der Waals surface area contributed by atoms with Crippen LogP contribution in [0.2, 0.25) is 0 Å². The molecule has 0 radical (unpaired) electrons. The van der Waals surface area contributed by atoms with Crippen molar-refractivity contribution in [1.29, 1.82) is 0 Å². The van der Waals surface area contributed by atoms with Crippen LogP contribution in [0.3, 0.4) is 0 Å². The van der Waals surface area contributed by atoms with Crippen molar-refractivity contribution in [3.05, 3.63) is 46.2 Å². The predicted molar refractivity (Wildman–Crippen MR) is 105 cm³/mol. The van der Waals surface area contributed by atoms with Crippen molar-refractivity contribution < 1.29 is 9.84 Å². The molecule has 136 valence electrons. The van der Waals surface area contributed by atoms with Gasteiger partial charge in [-0.1, -0.05) is 25.1 Å². The quantitative estimate of drug-likeness (QED) is 0.498. The monoisotopic (exact) mass is 361 g/mol. The summed E-state index contributed by atoms with van der Waals surface area (Å²) in [4.78, 5) is 6.02. The van der Waals surface area contributed by atoms with E-state index in [0.717, 1.165) is 24.6 Å². The summed E-state index contributed by atoms with van der Waals surface area (Å²) in [7, 11) is 1.56. The highest BCUT2D eigenvalue weighted by molar-refractivity contribution is 7.10. The Kier molecular flexibility index (Phi) is 7.60. The minimum atomic E-state index is 0.208. The molecule has 0 fully saturated rings. The van der Waals surface area contributed by atoms with Crippen LogP contribution in [0.25, 0.3) is 0 Å². The highest BCUT2D eigenvalue weighted by Gasteiger charge is 2.08. The molecule has 0 aliphatic rings. The third-order valence-electron chi connectivity index (χ3n) is 3.89. The Morgan fingerprint density at radius 1 is 1.28 bits per heavy atom. The lowest BCUT2D eigenvalue weighted by Gasteiger charge is -2.14. The number of aliphatic imine (C=N–C) groups is 1. The number of thiophene rings is 1. The molecule has 6 heteroatoms. The van der Waals surface area contributed by atoms with Gasteiger partial charge in [-0.3, -0.25) is 4.99 Å². The van der Waals surface area contributed by atoms with Gasteiger partial charge in [0, 0.05) is 23.9 Å². The molecule has 5 nitrogen and oxygen atoms in total. The van der Waals surface area contributed by atoms with Crippen LogP contribution in [-0.4, -0.2) is 37.8 Å². The van der Waals surface area contributed by atoms with Crippen LogP contribution in [0.15, 0.2) is 40.7 Å². The van der Waals surface area contributed by atoms with Gasteiger partial charge in [-0.25, -0.2) is 0 Å². The number of aromatic hydroxyl groups is 1. The van der Waals surface area contributed by atoms with Gasteiger partial charge in [-0.05, 0) is 36.4 Å². The van der Waals surface area contributed by atoms with E-state index in [1.54, 1.807) is 24.5 Å². The second kappa shape index (κ2) is 9.93. The lowest BCUT2D eigenvalue weighted by Crippen LogP contribution is -2.38. The molecule has 3 N–H and O–H groups in total. The van der Waals surface area contributed by atoms with E-state index in [0.29, 0.717) is 24.6 Å². The number of para-hydroxylation sites is 1. The van der Waals surface area contributed by atoms with Crippen molar-refractivity contribution in [2.45, 2.75) is 26.2 Å². The van der Waals surface area contributed by atoms with E-state index < -0.39 is 0 Å². The van der Waals surface area contributed by atoms with Gasteiger partial charge in [0.1, 0.15) is 0 Å². The van der Waals surface area contributed by atoms with Crippen molar-refractivity contribution in [3.8, 4) is 11.5 Å². The first-order valence-electron chi connectivity index (χ1n) is 8.56. The number of phenolic OH excluding ortho intramolecular Hbond substituents is 1. The summed E-state index contributed by atoms with van der Waals surface area (Å²) < 4.78 is 5.15. The van der Waals surface area contributed by atoms with E-state index in [4.69, 9.17) is 4.74 Å². The van der Waals surface area contributed by atoms with Crippen molar-refractivity contribution in [3.63, 3.8) is 0 Å². The number of ether oxygens (including phenoxy) is 1. The molecule has 0 aliphatic heterocycles. The molecule has 1 aromatic carbocycles.